The monoisotopic (exact) mass is 304 g/mol. The van der Waals surface area contributed by atoms with Crippen molar-refractivity contribution in [2.24, 2.45) is 7.05 Å². The molecule has 4 nitrogen and oxygen atoms in total. The first-order valence-corrected chi connectivity index (χ1v) is 7.22. The van der Waals surface area contributed by atoms with Gasteiger partial charge in [0.1, 0.15) is 11.3 Å². The molecule has 0 aliphatic rings. The lowest BCUT2D eigenvalue weighted by atomic mass is 10.1. The summed E-state index contributed by atoms with van der Waals surface area (Å²) < 4.78 is 1.45. The van der Waals surface area contributed by atoms with Crippen LogP contribution in [-0.4, -0.2) is 15.4 Å². The molecule has 2 N–H and O–H groups in total. The fourth-order valence-corrected chi connectivity index (χ4v) is 2.55. The SMILES string of the molecule is Cn1c(=O)c(C(=N)/C=C/c2ccccc2)c(O)c2ccccc21. The Kier molecular flexibility index (Phi) is 3.81. The van der Waals surface area contributed by atoms with Gasteiger partial charge in [0, 0.05) is 12.4 Å². The number of benzene rings is 2. The van der Waals surface area contributed by atoms with Crippen LogP contribution in [0.5, 0.6) is 5.75 Å². The van der Waals surface area contributed by atoms with E-state index in [1.165, 1.54) is 10.6 Å². The van der Waals surface area contributed by atoms with Gasteiger partial charge in [0.15, 0.2) is 0 Å². The van der Waals surface area contributed by atoms with E-state index >= 15 is 0 Å². The summed E-state index contributed by atoms with van der Waals surface area (Å²) >= 11 is 0. The maximum atomic E-state index is 12.5. The first-order chi connectivity index (χ1) is 11.1. The summed E-state index contributed by atoms with van der Waals surface area (Å²) in [7, 11) is 1.64. The zero-order valence-corrected chi connectivity index (χ0v) is 12.7. The quantitative estimate of drug-likeness (QED) is 0.729. The summed E-state index contributed by atoms with van der Waals surface area (Å²) in [5, 5.41) is 19.2. The van der Waals surface area contributed by atoms with Crippen molar-refractivity contribution in [1.29, 1.82) is 5.41 Å². The summed E-state index contributed by atoms with van der Waals surface area (Å²) in [6, 6.07) is 16.6. The van der Waals surface area contributed by atoms with Crippen molar-refractivity contribution in [2.75, 3.05) is 0 Å². The lowest BCUT2D eigenvalue weighted by molar-refractivity contribution is 0.478. The van der Waals surface area contributed by atoms with E-state index in [0.29, 0.717) is 10.9 Å². The molecular weight excluding hydrogens is 288 g/mol. The molecule has 3 rings (SSSR count). The van der Waals surface area contributed by atoms with E-state index in [4.69, 9.17) is 5.41 Å². The number of nitrogens with zero attached hydrogens (tertiary/aromatic N) is 1. The standard InChI is InChI=1S/C19H16N2O2/c1-21-16-10-6-5-9-14(16)18(22)17(19(21)23)15(20)12-11-13-7-3-2-4-8-13/h2-12,20,22H,1H3/b12-11+,20-15?. The molecule has 2 aromatic carbocycles. The topological polar surface area (TPSA) is 66.1 Å². The maximum Gasteiger partial charge on any atom is 0.264 e. The number of hydrogen-bond acceptors (Lipinski definition) is 3. The highest BCUT2D eigenvalue weighted by Crippen LogP contribution is 2.26. The van der Waals surface area contributed by atoms with Crippen LogP contribution in [0.4, 0.5) is 0 Å². The van der Waals surface area contributed by atoms with E-state index in [1.54, 1.807) is 31.3 Å². The zero-order chi connectivity index (χ0) is 16.4. The van der Waals surface area contributed by atoms with Crippen LogP contribution in [-0.2, 0) is 7.05 Å². The number of aryl methyl sites for hydroxylation is 1. The van der Waals surface area contributed by atoms with Gasteiger partial charge in [-0.1, -0.05) is 48.5 Å². The maximum absolute atomic E-state index is 12.5. The van der Waals surface area contributed by atoms with E-state index in [0.717, 1.165) is 5.56 Å². The first kappa shape index (κ1) is 14.8. The fraction of sp³-hybridized carbons (Fsp3) is 0.0526. The highest BCUT2D eigenvalue weighted by molar-refractivity contribution is 6.12. The lowest BCUT2D eigenvalue weighted by Gasteiger charge is -2.11. The normalized spacial score (nSPS) is 11.2. The molecule has 0 amide bonds. The van der Waals surface area contributed by atoms with Gasteiger partial charge < -0.3 is 9.67 Å². The van der Waals surface area contributed by atoms with Crippen molar-refractivity contribution in [1.82, 2.24) is 4.57 Å². The second kappa shape index (κ2) is 5.93. The van der Waals surface area contributed by atoms with Crippen molar-refractivity contribution in [2.45, 2.75) is 0 Å². The van der Waals surface area contributed by atoms with Gasteiger partial charge in [0.05, 0.1) is 11.2 Å². The molecule has 0 unspecified atom stereocenters. The van der Waals surface area contributed by atoms with Crippen LogP contribution in [0.25, 0.3) is 17.0 Å². The number of aromatic nitrogens is 1. The summed E-state index contributed by atoms with van der Waals surface area (Å²) in [4.78, 5) is 12.5. The smallest absolute Gasteiger partial charge is 0.264 e. The largest absolute Gasteiger partial charge is 0.506 e. The summed E-state index contributed by atoms with van der Waals surface area (Å²) in [5.74, 6) is -0.147. The molecular formula is C19H16N2O2. The first-order valence-electron chi connectivity index (χ1n) is 7.22. The van der Waals surface area contributed by atoms with Gasteiger partial charge in [0.2, 0.25) is 0 Å². The van der Waals surface area contributed by atoms with E-state index in [1.807, 2.05) is 36.4 Å². The van der Waals surface area contributed by atoms with Crippen molar-refractivity contribution >= 4 is 22.7 Å². The Balaban J connectivity index is 2.11. The Morgan fingerprint density at radius 2 is 1.74 bits per heavy atom. The molecule has 0 bridgehead atoms. The highest BCUT2D eigenvalue weighted by atomic mass is 16.3. The molecule has 1 aromatic heterocycles. The number of hydrogen-bond donors (Lipinski definition) is 2. The van der Waals surface area contributed by atoms with Gasteiger partial charge in [-0.05, 0) is 23.8 Å². The number of aromatic hydroxyl groups is 1. The van der Waals surface area contributed by atoms with Crippen LogP contribution in [0.2, 0.25) is 0 Å². The lowest BCUT2D eigenvalue weighted by Crippen LogP contribution is -2.24. The summed E-state index contributed by atoms with van der Waals surface area (Å²) in [5.41, 5.74) is 1.17. The van der Waals surface area contributed by atoms with Gasteiger partial charge in [-0.15, -0.1) is 0 Å². The number of pyridine rings is 1. The molecule has 1 heterocycles. The Hall–Kier alpha value is -3.14. The Morgan fingerprint density at radius 1 is 1.09 bits per heavy atom. The second-order valence-corrected chi connectivity index (χ2v) is 5.26. The van der Waals surface area contributed by atoms with Gasteiger partial charge in [-0.25, -0.2) is 0 Å². The molecule has 0 aliphatic carbocycles. The van der Waals surface area contributed by atoms with Crippen molar-refractivity contribution < 1.29 is 5.11 Å². The molecule has 0 fully saturated rings. The van der Waals surface area contributed by atoms with Crippen molar-refractivity contribution in [3.8, 4) is 5.75 Å². The molecule has 0 radical (unpaired) electrons. The van der Waals surface area contributed by atoms with E-state index in [9.17, 15) is 9.90 Å². The minimum absolute atomic E-state index is 0.0124. The van der Waals surface area contributed by atoms with Crippen molar-refractivity contribution in [3.05, 3.63) is 82.2 Å². The molecule has 0 saturated heterocycles. The fourth-order valence-electron chi connectivity index (χ4n) is 2.55. The van der Waals surface area contributed by atoms with E-state index in [-0.39, 0.29) is 22.6 Å². The van der Waals surface area contributed by atoms with Crippen LogP contribution in [0, 0.1) is 5.41 Å². The van der Waals surface area contributed by atoms with Crippen LogP contribution >= 0.6 is 0 Å². The van der Waals surface area contributed by atoms with Gasteiger partial charge in [-0.3, -0.25) is 10.2 Å². The molecule has 23 heavy (non-hydrogen) atoms. The van der Waals surface area contributed by atoms with Gasteiger partial charge in [0.25, 0.3) is 5.56 Å². The molecule has 3 aromatic rings. The Labute approximate surface area is 133 Å². The zero-order valence-electron chi connectivity index (χ0n) is 12.7. The van der Waals surface area contributed by atoms with Crippen molar-refractivity contribution in [3.63, 3.8) is 0 Å². The van der Waals surface area contributed by atoms with Crippen LogP contribution in [0.3, 0.4) is 0 Å². The number of allylic oxidation sites excluding steroid dienone is 1. The van der Waals surface area contributed by atoms with Crippen LogP contribution in [0.1, 0.15) is 11.1 Å². The second-order valence-electron chi connectivity index (χ2n) is 5.26. The third-order valence-electron chi connectivity index (χ3n) is 3.79. The molecule has 0 aliphatic heterocycles. The summed E-state index contributed by atoms with van der Waals surface area (Å²) in [6.45, 7) is 0. The van der Waals surface area contributed by atoms with Crippen LogP contribution < -0.4 is 5.56 Å². The molecule has 0 spiro atoms. The minimum atomic E-state index is -0.385. The third-order valence-corrected chi connectivity index (χ3v) is 3.79. The predicted octanol–water partition coefficient (Wildman–Crippen LogP) is 3.33. The molecule has 0 saturated carbocycles. The predicted molar refractivity (Wildman–Crippen MR) is 93.2 cm³/mol. The number of rotatable bonds is 3. The Bertz CT molecular complexity index is 970. The average Bonchev–Trinajstić information content (AvgIpc) is 2.59. The van der Waals surface area contributed by atoms with Gasteiger partial charge in [-0.2, -0.15) is 0 Å². The number of fused-ring (bicyclic) bond motifs is 1. The van der Waals surface area contributed by atoms with E-state index < -0.39 is 0 Å². The summed E-state index contributed by atoms with van der Waals surface area (Å²) in [6.07, 6.45) is 3.27. The minimum Gasteiger partial charge on any atom is -0.506 e. The molecule has 0 atom stereocenters. The average molecular weight is 304 g/mol. The number of para-hydroxylation sites is 1. The van der Waals surface area contributed by atoms with Crippen LogP contribution in [0.15, 0.2) is 65.5 Å². The number of nitrogens with one attached hydrogen (secondary N) is 1. The third kappa shape index (κ3) is 2.66. The van der Waals surface area contributed by atoms with Gasteiger partial charge >= 0.3 is 0 Å². The highest BCUT2D eigenvalue weighted by Gasteiger charge is 2.16. The molecule has 114 valence electrons. The Morgan fingerprint density at radius 3 is 2.48 bits per heavy atom. The van der Waals surface area contributed by atoms with E-state index in [2.05, 4.69) is 0 Å². The molecule has 4 heteroatoms.